The monoisotopic (exact) mass is 316 g/mol. The van der Waals surface area contributed by atoms with Crippen molar-refractivity contribution in [3.8, 4) is 0 Å². The fourth-order valence-corrected chi connectivity index (χ4v) is 2.28. The second kappa shape index (κ2) is 6.80. The van der Waals surface area contributed by atoms with Gasteiger partial charge < -0.3 is 5.32 Å². The number of halogens is 4. The summed E-state index contributed by atoms with van der Waals surface area (Å²) >= 11 is 1.30. The Balaban J connectivity index is 1.80. The van der Waals surface area contributed by atoms with E-state index in [1.165, 1.54) is 23.9 Å². The number of aromatic nitrogens is 1. The van der Waals surface area contributed by atoms with E-state index in [1.54, 1.807) is 18.2 Å². The standard InChI is InChI=1S/C14H12F4N2S/c15-11-3-1-2-4-12(11)19-7-8-21-13-6-5-10(9-20-13)14(16,17)18/h1-6,9,19H,7-8H2. The maximum Gasteiger partial charge on any atom is 0.417 e. The van der Waals surface area contributed by atoms with Crippen LogP contribution in [0, 0.1) is 5.82 Å². The van der Waals surface area contributed by atoms with Gasteiger partial charge in [0, 0.05) is 18.5 Å². The summed E-state index contributed by atoms with van der Waals surface area (Å²) in [6, 6.07) is 8.62. The Labute approximate surface area is 123 Å². The molecule has 112 valence electrons. The number of anilines is 1. The molecule has 0 saturated heterocycles. The molecule has 0 unspecified atom stereocenters. The van der Waals surface area contributed by atoms with Crippen molar-refractivity contribution in [3.63, 3.8) is 0 Å². The topological polar surface area (TPSA) is 24.9 Å². The van der Waals surface area contributed by atoms with Crippen molar-refractivity contribution < 1.29 is 17.6 Å². The van der Waals surface area contributed by atoms with Gasteiger partial charge in [-0.25, -0.2) is 9.37 Å². The van der Waals surface area contributed by atoms with Crippen LogP contribution in [0.15, 0.2) is 47.6 Å². The molecule has 1 N–H and O–H groups in total. The Bertz CT molecular complexity index is 584. The van der Waals surface area contributed by atoms with Crippen molar-refractivity contribution in [1.29, 1.82) is 0 Å². The van der Waals surface area contributed by atoms with Crippen molar-refractivity contribution >= 4 is 17.4 Å². The number of nitrogens with zero attached hydrogens (tertiary/aromatic N) is 1. The maximum atomic E-state index is 13.3. The molecular weight excluding hydrogens is 304 g/mol. The van der Waals surface area contributed by atoms with Gasteiger partial charge in [0.25, 0.3) is 0 Å². The highest BCUT2D eigenvalue weighted by molar-refractivity contribution is 7.99. The van der Waals surface area contributed by atoms with E-state index in [1.807, 2.05) is 0 Å². The summed E-state index contributed by atoms with van der Waals surface area (Å²) in [6.45, 7) is 0.480. The zero-order valence-electron chi connectivity index (χ0n) is 10.8. The zero-order valence-corrected chi connectivity index (χ0v) is 11.6. The van der Waals surface area contributed by atoms with Crippen LogP contribution in [-0.4, -0.2) is 17.3 Å². The van der Waals surface area contributed by atoms with Gasteiger partial charge in [0.2, 0.25) is 0 Å². The van der Waals surface area contributed by atoms with Crippen molar-refractivity contribution in [3.05, 3.63) is 54.0 Å². The predicted octanol–water partition coefficient (Wildman–Crippen LogP) is 4.44. The number of hydrogen-bond acceptors (Lipinski definition) is 3. The fraction of sp³-hybridized carbons (Fsp3) is 0.214. The Morgan fingerprint density at radius 3 is 2.48 bits per heavy atom. The summed E-state index contributed by atoms with van der Waals surface area (Å²) in [6.07, 6.45) is -3.56. The number of para-hydroxylation sites is 1. The van der Waals surface area contributed by atoms with E-state index in [4.69, 9.17) is 0 Å². The molecule has 0 amide bonds. The first kappa shape index (κ1) is 15.6. The maximum absolute atomic E-state index is 13.3. The molecule has 2 aromatic rings. The SMILES string of the molecule is Fc1ccccc1NCCSc1ccc(C(F)(F)F)cn1. The molecule has 0 radical (unpaired) electrons. The Morgan fingerprint density at radius 2 is 1.86 bits per heavy atom. The third-order valence-corrected chi connectivity index (χ3v) is 3.55. The minimum absolute atomic E-state index is 0.338. The van der Waals surface area contributed by atoms with Crippen LogP contribution in [0.5, 0.6) is 0 Å². The lowest BCUT2D eigenvalue weighted by atomic mass is 10.3. The first-order valence-corrected chi connectivity index (χ1v) is 7.10. The molecule has 21 heavy (non-hydrogen) atoms. The molecule has 0 spiro atoms. The molecule has 0 aliphatic heterocycles. The zero-order chi connectivity index (χ0) is 15.3. The molecule has 0 fully saturated rings. The van der Waals surface area contributed by atoms with Gasteiger partial charge in [-0.2, -0.15) is 13.2 Å². The van der Waals surface area contributed by atoms with Crippen molar-refractivity contribution in [2.45, 2.75) is 11.2 Å². The van der Waals surface area contributed by atoms with Gasteiger partial charge in [-0.15, -0.1) is 11.8 Å². The summed E-state index contributed by atoms with van der Waals surface area (Å²) in [5, 5.41) is 3.41. The molecule has 2 nitrogen and oxygen atoms in total. The number of hydrogen-bond donors (Lipinski definition) is 1. The number of rotatable bonds is 5. The minimum atomic E-state index is -4.37. The summed E-state index contributed by atoms with van der Waals surface area (Å²) in [7, 11) is 0. The summed E-state index contributed by atoms with van der Waals surface area (Å²) in [4.78, 5) is 3.75. The molecule has 0 bridgehead atoms. The normalized spacial score (nSPS) is 11.4. The van der Waals surface area contributed by atoms with Crippen LogP contribution in [0.2, 0.25) is 0 Å². The number of pyridine rings is 1. The van der Waals surface area contributed by atoms with Gasteiger partial charge >= 0.3 is 6.18 Å². The van der Waals surface area contributed by atoms with Gasteiger partial charge in [-0.05, 0) is 24.3 Å². The molecule has 2 rings (SSSR count). The van der Waals surface area contributed by atoms with E-state index >= 15 is 0 Å². The molecule has 0 saturated carbocycles. The molecule has 0 aliphatic rings. The second-order valence-corrected chi connectivity index (χ2v) is 5.25. The predicted molar refractivity (Wildman–Crippen MR) is 74.9 cm³/mol. The van der Waals surface area contributed by atoms with Crippen LogP contribution in [0.3, 0.4) is 0 Å². The van der Waals surface area contributed by atoms with Crippen molar-refractivity contribution in [1.82, 2.24) is 4.98 Å². The van der Waals surface area contributed by atoms with Crippen molar-refractivity contribution in [2.75, 3.05) is 17.6 Å². The van der Waals surface area contributed by atoms with Crippen LogP contribution in [0.25, 0.3) is 0 Å². The average molecular weight is 316 g/mol. The van der Waals surface area contributed by atoms with Crippen LogP contribution in [0.1, 0.15) is 5.56 Å². The average Bonchev–Trinajstić information content (AvgIpc) is 2.45. The largest absolute Gasteiger partial charge is 0.417 e. The number of benzene rings is 1. The number of alkyl halides is 3. The third kappa shape index (κ3) is 4.63. The first-order chi connectivity index (χ1) is 9.97. The highest BCUT2D eigenvalue weighted by Crippen LogP contribution is 2.29. The lowest BCUT2D eigenvalue weighted by molar-refractivity contribution is -0.137. The number of thioether (sulfide) groups is 1. The quantitative estimate of drug-likeness (QED) is 0.501. The molecule has 0 aliphatic carbocycles. The van der Waals surface area contributed by atoms with Crippen molar-refractivity contribution in [2.24, 2.45) is 0 Å². The minimum Gasteiger partial charge on any atom is -0.382 e. The Morgan fingerprint density at radius 1 is 1.10 bits per heavy atom. The van der Waals surface area contributed by atoms with E-state index in [0.29, 0.717) is 23.0 Å². The van der Waals surface area contributed by atoms with Crippen LogP contribution in [-0.2, 0) is 6.18 Å². The second-order valence-electron chi connectivity index (χ2n) is 4.14. The first-order valence-electron chi connectivity index (χ1n) is 6.11. The van der Waals surface area contributed by atoms with Crippen LogP contribution in [0.4, 0.5) is 23.2 Å². The molecule has 1 aromatic carbocycles. The van der Waals surface area contributed by atoms with Gasteiger partial charge in [-0.3, -0.25) is 0 Å². The van der Waals surface area contributed by atoms with Crippen LogP contribution < -0.4 is 5.32 Å². The highest BCUT2D eigenvalue weighted by Gasteiger charge is 2.30. The number of nitrogens with one attached hydrogen (secondary N) is 1. The van der Waals surface area contributed by atoms with E-state index < -0.39 is 11.7 Å². The van der Waals surface area contributed by atoms with E-state index in [-0.39, 0.29) is 5.82 Å². The van der Waals surface area contributed by atoms with Gasteiger partial charge in [0.1, 0.15) is 5.82 Å². The van der Waals surface area contributed by atoms with Gasteiger partial charge in [0.15, 0.2) is 0 Å². The Kier molecular flexibility index (Phi) is 5.06. The molecule has 0 atom stereocenters. The van der Waals surface area contributed by atoms with Gasteiger partial charge in [0.05, 0.1) is 16.3 Å². The molecular formula is C14H12F4N2S. The molecule has 1 aromatic heterocycles. The lowest BCUT2D eigenvalue weighted by Gasteiger charge is -2.08. The van der Waals surface area contributed by atoms with E-state index in [2.05, 4.69) is 10.3 Å². The smallest absolute Gasteiger partial charge is 0.382 e. The summed E-state index contributed by atoms with van der Waals surface area (Å²) < 4.78 is 50.4. The Hall–Kier alpha value is -1.76. The van der Waals surface area contributed by atoms with Crippen LogP contribution >= 0.6 is 11.8 Å². The third-order valence-electron chi connectivity index (χ3n) is 2.60. The molecule has 7 heteroatoms. The summed E-state index contributed by atoms with van der Waals surface area (Å²) in [5.74, 6) is 0.224. The summed E-state index contributed by atoms with van der Waals surface area (Å²) in [5.41, 5.74) is -0.366. The van der Waals surface area contributed by atoms with Gasteiger partial charge in [-0.1, -0.05) is 12.1 Å². The fourth-order valence-electron chi connectivity index (χ4n) is 1.58. The van der Waals surface area contributed by atoms with E-state index in [9.17, 15) is 17.6 Å². The molecule has 1 heterocycles. The lowest BCUT2D eigenvalue weighted by Crippen LogP contribution is -2.06. The highest BCUT2D eigenvalue weighted by atomic mass is 32.2. The van der Waals surface area contributed by atoms with E-state index in [0.717, 1.165) is 12.3 Å².